The number of fused-ring (bicyclic) bond motifs is 1. The fourth-order valence-corrected chi connectivity index (χ4v) is 4.11. The molecule has 0 bridgehead atoms. The molecule has 1 aliphatic heterocycles. The van der Waals surface area contributed by atoms with Crippen molar-refractivity contribution in [3.8, 4) is 11.4 Å². The maximum absolute atomic E-state index is 12.9. The van der Waals surface area contributed by atoms with Crippen LogP contribution in [0.1, 0.15) is 39.0 Å². The summed E-state index contributed by atoms with van der Waals surface area (Å²) < 4.78 is 0. The lowest BCUT2D eigenvalue weighted by molar-refractivity contribution is -0.120. The largest absolute Gasteiger partial charge is 0.340 e. The van der Waals surface area contributed by atoms with Gasteiger partial charge in [0.05, 0.1) is 6.20 Å². The van der Waals surface area contributed by atoms with Crippen molar-refractivity contribution in [3.05, 3.63) is 36.5 Å². The fourth-order valence-electron chi connectivity index (χ4n) is 4.11. The average Bonchev–Trinajstić information content (AvgIpc) is 3.19. The van der Waals surface area contributed by atoms with E-state index in [9.17, 15) is 4.79 Å². The Hall–Kier alpha value is -2.43. The molecule has 1 fully saturated rings. The van der Waals surface area contributed by atoms with Crippen LogP contribution in [0.25, 0.3) is 11.4 Å². The molecule has 1 unspecified atom stereocenters. The third-order valence-electron chi connectivity index (χ3n) is 5.44. The summed E-state index contributed by atoms with van der Waals surface area (Å²) in [6, 6.07) is 10.3. The molecule has 130 valence electrons. The van der Waals surface area contributed by atoms with Gasteiger partial charge in [-0.25, -0.2) is 9.97 Å². The van der Waals surface area contributed by atoms with E-state index < -0.39 is 0 Å². The van der Waals surface area contributed by atoms with Gasteiger partial charge < -0.3 is 9.80 Å². The molecule has 0 N–H and O–H groups in total. The molecule has 1 saturated carbocycles. The maximum Gasteiger partial charge on any atom is 0.249 e. The Labute approximate surface area is 148 Å². The Bertz CT molecular complexity index is 771. The van der Waals surface area contributed by atoms with Gasteiger partial charge in [0.1, 0.15) is 11.7 Å². The summed E-state index contributed by atoms with van der Waals surface area (Å²) in [4.78, 5) is 26.3. The lowest BCUT2D eigenvalue weighted by Gasteiger charge is -2.43. The molecular weight excluding hydrogens is 312 g/mol. The van der Waals surface area contributed by atoms with Gasteiger partial charge in [-0.3, -0.25) is 4.79 Å². The van der Waals surface area contributed by atoms with Gasteiger partial charge in [-0.15, -0.1) is 0 Å². The van der Waals surface area contributed by atoms with Gasteiger partial charge in [-0.1, -0.05) is 50.1 Å². The van der Waals surface area contributed by atoms with Crippen LogP contribution >= 0.6 is 0 Å². The first-order valence-electron chi connectivity index (χ1n) is 9.19. The van der Waals surface area contributed by atoms with Gasteiger partial charge >= 0.3 is 0 Å². The van der Waals surface area contributed by atoms with Gasteiger partial charge in [0.2, 0.25) is 5.91 Å². The molecule has 2 aliphatic rings. The van der Waals surface area contributed by atoms with Gasteiger partial charge in [-0.2, -0.15) is 0 Å². The summed E-state index contributed by atoms with van der Waals surface area (Å²) >= 11 is 0. The van der Waals surface area contributed by atoms with Crippen LogP contribution in [0.2, 0.25) is 0 Å². The molecular formula is C20H24N4O. The Morgan fingerprint density at radius 1 is 1.16 bits per heavy atom. The highest BCUT2D eigenvalue weighted by atomic mass is 16.2. The zero-order valence-corrected chi connectivity index (χ0v) is 14.9. The Morgan fingerprint density at radius 3 is 2.56 bits per heavy atom. The van der Waals surface area contributed by atoms with Crippen molar-refractivity contribution < 1.29 is 4.79 Å². The summed E-state index contributed by atoms with van der Waals surface area (Å²) in [5.74, 6) is 1.78. The molecule has 1 aromatic heterocycles. The Morgan fingerprint density at radius 2 is 1.88 bits per heavy atom. The first-order chi connectivity index (χ1) is 12.2. The van der Waals surface area contributed by atoms with Crippen LogP contribution in [0.5, 0.6) is 0 Å². The first-order valence-corrected chi connectivity index (χ1v) is 9.19. The molecule has 1 atom stereocenters. The molecule has 0 saturated heterocycles. The predicted molar refractivity (Wildman–Crippen MR) is 99.7 cm³/mol. The second-order valence-corrected chi connectivity index (χ2v) is 6.94. The Balaban J connectivity index is 1.84. The van der Waals surface area contributed by atoms with Gasteiger partial charge in [0.15, 0.2) is 11.6 Å². The molecule has 0 spiro atoms. The fraction of sp³-hybridized carbons (Fsp3) is 0.450. The van der Waals surface area contributed by atoms with Crippen LogP contribution in [0.3, 0.4) is 0 Å². The van der Waals surface area contributed by atoms with Crippen molar-refractivity contribution in [2.45, 2.75) is 51.1 Å². The van der Waals surface area contributed by atoms with Crippen molar-refractivity contribution in [2.24, 2.45) is 0 Å². The van der Waals surface area contributed by atoms with Crippen molar-refractivity contribution in [1.82, 2.24) is 9.97 Å². The van der Waals surface area contributed by atoms with Gasteiger partial charge in [-0.05, 0) is 19.3 Å². The number of carbonyl (C=O) groups excluding carboxylic acids is 1. The van der Waals surface area contributed by atoms with Crippen LogP contribution < -0.4 is 9.80 Å². The SMILES string of the molecule is CCC1C(=O)N(C)c2cnc(-c3ccccc3)nc2N1C1CCCC1. The summed E-state index contributed by atoms with van der Waals surface area (Å²) in [6.45, 7) is 2.09. The lowest BCUT2D eigenvalue weighted by atomic mass is 10.0. The number of anilines is 2. The molecule has 1 aromatic carbocycles. The van der Waals surface area contributed by atoms with E-state index in [2.05, 4.69) is 16.8 Å². The summed E-state index contributed by atoms with van der Waals surface area (Å²) in [6.07, 6.45) is 7.33. The minimum atomic E-state index is -0.126. The van der Waals surface area contributed by atoms with Gasteiger partial charge in [0.25, 0.3) is 0 Å². The molecule has 2 heterocycles. The van der Waals surface area contributed by atoms with Gasteiger partial charge in [0, 0.05) is 18.7 Å². The molecule has 4 rings (SSSR count). The number of rotatable bonds is 3. The second kappa shape index (κ2) is 6.47. The topological polar surface area (TPSA) is 49.3 Å². The predicted octanol–water partition coefficient (Wildman–Crippen LogP) is 3.65. The number of nitrogens with zero attached hydrogens (tertiary/aromatic N) is 4. The highest BCUT2D eigenvalue weighted by Gasteiger charge is 2.41. The number of carbonyl (C=O) groups is 1. The summed E-state index contributed by atoms with van der Waals surface area (Å²) in [7, 11) is 1.83. The standard InChI is InChI=1S/C20H24N4O/c1-3-16-20(25)23(2)17-13-21-18(14-9-5-4-6-10-14)22-19(17)24(16)15-11-7-8-12-15/h4-6,9-10,13,15-16H,3,7-8,11-12H2,1-2H3. The molecule has 25 heavy (non-hydrogen) atoms. The second-order valence-electron chi connectivity index (χ2n) is 6.94. The van der Waals surface area contributed by atoms with E-state index in [4.69, 9.17) is 4.98 Å². The Kier molecular flexibility index (Phi) is 4.15. The van der Waals surface area contributed by atoms with Crippen LogP contribution in [-0.4, -0.2) is 35.0 Å². The van der Waals surface area contributed by atoms with E-state index in [1.165, 1.54) is 12.8 Å². The van der Waals surface area contributed by atoms with Crippen molar-refractivity contribution in [1.29, 1.82) is 0 Å². The van der Waals surface area contributed by atoms with Crippen LogP contribution in [0.4, 0.5) is 11.5 Å². The van der Waals surface area contributed by atoms with E-state index in [-0.39, 0.29) is 11.9 Å². The van der Waals surface area contributed by atoms with E-state index in [1.54, 1.807) is 11.1 Å². The van der Waals surface area contributed by atoms with E-state index in [1.807, 2.05) is 37.4 Å². The lowest BCUT2D eigenvalue weighted by Crippen LogP contribution is -2.55. The molecule has 1 amide bonds. The molecule has 5 nitrogen and oxygen atoms in total. The van der Waals surface area contributed by atoms with Crippen LogP contribution in [0, 0.1) is 0 Å². The highest BCUT2D eigenvalue weighted by molar-refractivity contribution is 6.04. The zero-order chi connectivity index (χ0) is 17.4. The van der Waals surface area contributed by atoms with Crippen LogP contribution in [-0.2, 0) is 4.79 Å². The minimum absolute atomic E-state index is 0.126. The first kappa shape index (κ1) is 16.1. The minimum Gasteiger partial charge on any atom is -0.340 e. The quantitative estimate of drug-likeness (QED) is 0.858. The third kappa shape index (κ3) is 2.68. The number of aromatic nitrogens is 2. The molecule has 5 heteroatoms. The summed E-state index contributed by atoms with van der Waals surface area (Å²) in [5.41, 5.74) is 1.82. The number of hydrogen-bond acceptors (Lipinski definition) is 4. The smallest absolute Gasteiger partial charge is 0.249 e. The van der Waals surface area contributed by atoms with Crippen molar-refractivity contribution in [2.75, 3.05) is 16.8 Å². The third-order valence-corrected chi connectivity index (χ3v) is 5.44. The van der Waals surface area contributed by atoms with Crippen molar-refractivity contribution >= 4 is 17.4 Å². The summed E-state index contributed by atoms with van der Waals surface area (Å²) in [5, 5.41) is 0. The number of likely N-dealkylation sites (N-methyl/N-ethyl adjacent to an activating group) is 1. The number of hydrogen-bond donors (Lipinski definition) is 0. The average molecular weight is 336 g/mol. The molecule has 2 aromatic rings. The maximum atomic E-state index is 12.9. The van der Waals surface area contributed by atoms with E-state index in [0.29, 0.717) is 6.04 Å². The monoisotopic (exact) mass is 336 g/mol. The van der Waals surface area contributed by atoms with Crippen molar-refractivity contribution in [3.63, 3.8) is 0 Å². The molecule has 0 radical (unpaired) electrons. The molecule has 1 aliphatic carbocycles. The zero-order valence-electron chi connectivity index (χ0n) is 14.9. The van der Waals surface area contributed by atoms with E-state index >= 15 is 0 Å². The van der Waals surface area contributed by atoms with Crippen LogP contribution in [0.15, 0.2) is 36.5 Å². The number of amides is 1. The highest BCUT2D eigenvalue weighted by Crippen LogP contribution is 2.40. The number of benzene rings is 1. The normalized spacial score (nSPS) is 20.9. The van der Waals surface area contributed by atoms with E-state index in [0.717, 1.165) is 42.2 Å².